The molecule has 1 saturated carbocycles. The van der Waals surface area contributed by atoms with Crippen LogP contribution in [0.2, 0.25) is 0 Å². The van der Waals surface area contributed by atoms with E-state index in [2.05, 4.69) is 27.9 Å². The Morgan fingerprint density at radius 3 is 2.00 bits per heavy atom. The van der Waals surface area contributed by atoms with Gasteiger partial charge in [-0.2, -0.15) is 0 Å². The van der Waals surface area contributed by atoms with Crippen molar-refractivity contribution >= 4 is 0 Å². The molecule has 2 fully saturated rings. The minimum absolute atomic E-state index is 1.07. The second-order valence-electron chi connectivity index (χ2n) is 7.84. The number of quaternary nitrogens is 2. The summed E-state index contributed by atoms with van der Waals surface area (Å²) in [5.41, 5.74) is 0. The zero-order valence-electron chi connectivity index (χ0n) is 13.8. The van der Waals surface area contributed by atoms with E-state index in [1.54, 1.807) is 0 Å². The predicted molar refractivity (Wildman–Crippen MR) is 83.0 cm³/mol. The van der Waals surface area contributed by atoms with E-state index >= 15 is 0 Å². The average molecular weight is 268 g/mol. The van der Waals surface area contributed by atoms with Crippen LogP contribution in [-0.2, 0) is 0 Å². The molecule has 2 heteroatoms. The van der Waals surface area contributed by atoms with E-state index in [0.717, 1.165) is 11.8 Å². The molecule has 112 valence electrons. The molecule has 2 atom stereocenters. The first-order chi connectivity index (χ1) is 9.00. The molecular formula is C17H36N2+2. The molecule has 0 spiro atoms. The molecule has 0 aromatic heterocycles. The number of fused-ring (bicyclic) bond motifs is 1. The van der Waals surface area contributed by atoms with Crippen molar-refractivity contribution in [3.8, 4) is 0 Å². The summed E-state index contributed by atoms with van der Waals surface area (Å²) >= 11 is 0. The Bertz CT molecular complexity index is 269. The van der Waals surface area contributed by atoms with Crippen molar-refractivity contribution in [3.63, 3.8) is 0 Å². The van der Waals surface area contributed by atoms with Gasteiger partial charge in [-0.05, 0) is 26.7 Å². The van der Waals surface area contributed by atoms with Crippen LogP contribution in [0.15, 0.2) is 0 Å². The lowest BCUT2D eigenvalue weighted by Gasteiger charge is -2.35. The molecule has 0 aromatic carbocycles. The first-order valence-electron chi connectivity index (χ1n) is 8.67. The quantitative estimate of drug-likeness (QED) is 0.649. The summed E-state index contributed by atoms with van der Waals surface area (Å²) in [5, 5.41) is 0. The molecule has 2 unspecified atom stereocenters. The van der Waals surface area contributed by atoms with Gasteiger partial charge in [-0.1, -0.05) is 12.8 Å². The highest BCUT2D eigenvalue weighted by atomic mass is 15.4. The van der Waals surface area contributed by atoms with Gasteiger partial charge in [0.15, 0.2) is 0 Å². The molecule has 0 amide bonds. The summed E-state index contributed by atoms with van der Waals surface area (Å²) in [7, 11) is 4.95. The van der Waals surface area contributed by atoms with Crippen molar-refractivity contribution in [2.24, 2.45) is 11.8 Å². The van der Waals surface area contributed by atoms with Crippen LogP contribution in [0.1, 0.15) is 46.0 Å². The fourth-order valence-electron chi connectivity index (χ4n) is 4.53. The van der Waals surface area contributed by atoms with Crippen LogP contribution >= 0.6 is 0 Å². The van der Waals surface area contributed by atoms with Crippen molar-refractivity contribution in [2.75, 3.05) is 53.4 Å². The van der Waals surface area contributed by atoms with E-state index in [9.17, 15) is 0 Å². The zero-order valence-corrected chi connectivity index (χ0v) is 13.8. The van der Waals surface area contributed by atoms with E-state index in [1.807, 2.05) is 0 Å². The molecule has 0 bridgehead atoms. The Morgan fingerprint density at radius 2 is 1.53 bits per heavy atom. The lowest BCUT2D eigenvalue weighted by Crippen LogP contribution is -2.48. The molecular weight excluding hydrogens is 232 g/mol. The Kier molecular flexibility index (Phi) is 4.94. The molecule has 0 radical (unpaired) electrons. The standard InChI is InChI=1S/C17H36N2/c1-5-18(3,6-2)12-9-13-19(4)14-16-10-7-8-11-17(16)15-19/h16-17H,5-15H2,1-4H3/q+2. The van der Waals surface area contributed by atoms with Gasteiger partial charge >= 0.3 is 0 Å². The van der Waals surface area contributed by atoms with Gasteiger partial charge in [-0.25, -0.2) is 0 Å². The summed E-state index contributed by atoms with van der Waals surface area (Å²) < 4.78 is 2.63. The summed E-state index contributed by atoms with van der Waals surface area (Å²) in [6, 6.07) is 0. The van der Waals surface area contributed by atoms with Crippen LogP contribution in [0.4, 0.5) is 0 Å². The molecule has 1 aliphatic heterocycles. The van der Waals surface area contributed by atoms with Crippen LogP contribution in [0.3, 0.4) is 0 Å². The summed E-state index contributed by atoms with van der Waals surface area (Å²) in [6.45, 7) is 13.0. The van der Waals surface area contributed by atoms with E-state index in [1.165, 1.54) is 80.3 Å². The Balaban J connectivity index is 1.79. The van der Waals surface area contributed by atoms with Crippen molar-refractivity contribution in [2.45, 2.75) is 46.0 Å². The number of nitrogens with zero attached hydrogens (tertiary/aromatic N) is 2. The van der Waals surface area contributed by atoms with Crippen molar-refractivity contribution < 1.29 is 8.97 Å². The van der Waals surface area contributed by atoms with Gasteiger partial charge in [0.25, 0.3) is 0 Å². The van der Waals surface area contributed by atoms with Crippen LogP contribution < -0.4 is 0 Å². The molecule has 19 heavy (non-hydrogen) atoms. The molecule has 0 N–H and O–H groups in total. The third kappa shape index (κ3) is 3.72. The van der Waals surface area contributed by atoms with Gasteiger partial charge < -0.3 is 8.97 Å². The lowest BCUT2D eigenvalue weighted by atomic mass is 9.82. The maximum Gasteiger partial charge on any atom is 0.0839 e. The van der Waals surface area contributed by atoms with Crippen molar-refractivity contribution in [3.05, 3.63) is 0 Å². The van der Waals surface area contributed by atoms with Crippen LogP contribution in [0.5, 0.6) is 0 Å². The van der Waals surface area contributed by atoms with Crippen LogP contribution in [0.25, 0.3) is 0 Å². The fraction of sp³-hybridized carbons (Fsp3) is 1.00. The van der Waals surface area contributed by atoms with Gasteiger partial charge in [0.05, 0.1) is 53.4 Å². The molecule has 0 aromatic rings. The maximum absolute atomic E-state index is 2.53. The molecule has 2 rings (SSSR count). The van der Waals surface area contributed by atoms with Gasteiger partial charge in [0, 0.05) is 18.3 Å². The number of rotatable bonds is 6. The summed E-state index contributed by atoms with van der Waals surface area (Å²) in [5.74, 6) is 2.13. The zero-order chi connectivity index (χ0) is 13.9. The molecule has 1 heterocycles. The minimum atomic E-state index is 1.07. The maximum atomic E-state index is 2.53. The topological polar surface area (TPSA) is 0 Å². The fourth-order valence-corrected chi connectivity index (χ4v) is 4.53. The molecule has 2 aliphatic rings. The monoisotopic (exact) mass is 268 g/mol. The number of hydrogen-bond donors (Lipinski definition) is 0. The van der Waals surface area contributed by atoms with Gasteiger partial charge in [0.2, 0.25) is 0 Å². The predicted octanol–water partition coefficient (Wildman–Crippen LogP) is 3.13. The van der Waals surface area contributed by atoms with Crippen LogP contribution in [0, 0.1) is 11.8 Å². The number of likely N-dealkylation sites (tertiary alicyclic amines) is 1. The summed E-state index contributed by atoms with van der Waals surface area (Å²) in [4.78, 5) is 0. The van der Waals surface area contributed by atoms with E-state index < -0.39 is 0 Å². The third-order valence-corrected chi connectivity index (χ3v) is 6.34. The highest BCUT2D eigenvalue weighted by Gasteiger charge is 2.43. The largest absolute Gasteiger partial charge is 0.326 e. The third-order valence-electron chi connectivity index (χ3n) is 6.34. The molecule has 1 saturated heterocycles. The number of hydrogen-bond acceptors (Lipinski definition) is 0. The van der Waals surface area contributed by atoms with Gasteiger partial charge in [0.1, 0.15) is 0 Å². The van der Waals surface area contributed by atoms with Gasteiger partial charge in [-0.3, -0.25) is 0 Å². The molecule has 1 aliphatic carbocycles. The van der Waals surface area contributed by atoms with E-state index in [-0.39, 0.29) is 0 Å². The summed E-state index contributed by atoms with van der Waals surface area (Å²) in [6.07, 6.45) is 7.46. The minimum Gasteiger partial charge on any atom is -0.326 e. The second-order valence-corrected chi connectivity index (χ2v) is 7.84. The van der Waals surface area contributed by atoms with Crippen molar-refractivity contribution in [1.29, 1.82) is 0 Å². The van der Waals surface area contributed by atoms with Gasteiger partial charge in [-0.15, -0.1) is 0 Å². The Labute approximate surface area is 121 Å². The second kappa shape index (κ2) is 6.13. The first kappa shape index (κ1) is 15.3. The van der Waals surface area contributed by atoms with Crippen molar-refractivity contribution in [1.82, 2.24) is 0 Å². The highest BCUT2D eigenvalue weighted by molar-refractivity contribution is 4.80. The Hall–Kier alpha value is -0.0800. The Morgan fingerprint density at radius 1 is 1.00 bits per heavy atom. The lowest BCUT2D eigenvalue weighted by molar-refractivity contribution is -0.922. The van der Waals surface area contributed by atoms with E-state index in [0.29, 0.717) is 0 Å². The average Bonchev–Trinajstić information content (AvgIpc) is 2.74. The SMILES string of the molecule is CC[N+](C)(CC)CCC[N+]1(C)CC2CCCCC2C1. The highest BCUT2D eigenvalue weighted by Crippen LogP contribution is 2.39. The smallest absolute Gasteiger partial charge is 0.0839 e. The normalized spacial score (nSPS) is 35.4. The van der Waals surface area contributed by atoms with E-state index in [4.69, 9.17) is 0 Å². The first-order valence-corrected chi connectivity index (χ1v) is 8.67. The van der Waals surface area contributed by atoms with Crippen LogP contribution in [-0.4, -0.2) is 62.3 Å². The molecule has 2 nitrogen and oxygen atoms in total.